The molecule has 1 rings (SSSR count). The van der Waals surface area contributed by atoms with E-state index in [0.29, 0.717) is 5.92 Å². The van der Waals surface area contributed by atoms with Crippen LogP contribution >= 0.6 is 0 Å². The summed E-state index contributed by atoms with van der Waals surface area (Å²) >= 11 is 0. The van der Waals surface area contributed by atoms with Crippen LogP contribution < -0.4 is 5.23 Å². The molecule has 1 aliphatic rings. The van der Waals surface area contributed by atoms with E-state index in [9.17, 15) is 4.79 Å². The lowest BCUT2D eigenvalue weighted by molar-refractivity contribution is 0.215. The Balaban J connectivity index is 2.65. The molecule has 15 heavy (non-hydrogen) atoms. The van der Waals surface area contributed by atoms with Gasteiger partial charge in [-0.05, 0) is 31.6 Å². The fraction of sp³-hybridized carbons (Fsp3) is 0.727. The highest BCUT2D eigenvalue weighted by Gasteiger charge is 2.34. The first-order valence-electron chi connectivity index (χ1n) is 5.48. The Morgan fingerprint density at radius 3 is 2.93 bits per heavy atom. The minimum atomic E-state index is -0.910. The van der Waals surface area contributed by atoms with E-state index in [2.05, 4.69) is 25.7 Å². The maximum atomic E-state index is 10.5. The summed E-state index contributed by atoms with van der Waals surface area (Å²) in [5.41, 5.74) is 1.13. The first-order chi connectivity index (χ1) is 6.97. The molecule has 1 saturated carbocycles. The monoisotopic (exact) mass is 208 g/mol. The zero-order valence-electron chi connectivity index (χ0n) is 9.55. The van der Waals surface area contributed by atoms with Gasteiger partial charge in [-0.15, -0.1) is 0 Å². The summed E-state index contributed by atoms with van der Waals surface area (Å²) in [5.74, 6) is -0.326. The standard InChI is InChI=1S/C11H19BNO2/c1-4-11(13-12-10(14)15)6-8(2)5-9(3)7-11/h9,13H,2,4-7H2,1,3H3,(H,14,15). The normalized spacial score (nSPS) is 31.3. The predicted octanol–water partition coefficient (Wildman–Crippen LogP) is 2.40. The number of nitrogens with one attached hydrogen (secondary N) is 1. The van der Waals surface area contributed by atoms with Gasteiger partial charge in [-0.25, -0.2) is 0 Å². The van der Waals surface area contributed by atoms with Gasteiger partial charge in [0, 0.05) is 5.54 Å². The van der Waals surface area contributed by atoms with Crippen LogP contribution in [0.15, 0.2) is 12.2 Å². The van der Waals surface area contributed by atoms with Gasteiger partial charge < -0.3 is 10.3 Å². The first-order valence-corrected chi connectivity index (χ1v) is 5.48. The average Bonchev–Trinajstić information content (AvgIpc) is 2.13. The van der Waals surface area contributed by atoms with Gasteiger partial charge in [-0.1, -0.05) is 26.0 Å². The lowest BCUT2D eigenvalue weighted by Gasteiger charge is -2.41. The van der Waals surface area contributed by atoms with Crippen LogP contribution in [0.1, 0.15) is 39.5 Å². The molecule has 2 unspecified atom stereocenters. The van der Waals surface area contributed by atoms with Crippen LogP contribution in [0.4, 0.5) is 4.79 Å². The molecule has 0 aromatic carbocycles. The van der Waals surface area contributed by atoms with Crippen molar-refractivity contribution in [1.29, 1.82) is 0 Å². The van der Waals surface area contributed by atoms with Crippen molar-refractivity contribution >= 4 is 13.3 Å². The molecule has 2 atom stereocenters. The van der Waals surface area contributed by atoms with Crippen molar-refractivity contribution in [2.45, 2.75) is 45.1 Å². The highest BCUT2D eigenvalue weighted by molar-refractivity contribution is 6.69. The molecule has 0 bridgehead atoms. The second kappa shape index (κ2) is 4.84. The molecule has 0 saturated heterocycles. The van der Waals surface area contributed by atoms with Gasteiger partial charge in [-0.3, -0.25) is 4.79 Å². The van der Waals surface area contributed by atoms with Gasteiger partial charge in [0.2, 0.25) is 0 Å². The molecule has 0 spiro atoms. The van der Waals surface area contributed by atoms with Crippen LogP contribution in [-0.2, 0) is 0 Å². The molecule has 0 heterocycles. The summed E-state index contributed by atoms with van der Waals surface area (Å²) in [6.07, 6.45) is 3.90. The number of carboxylic acid groups (broad SMARTS) is 1. The molecule has 3 nitrogen and oxygen atoms in total. The number of rotatable bonds is 4. The van der Waals surface area contributed by atoms with Crippen molar-refractivity contribution in [3.63, 3.8) is 0 Å². The summed E-state index contributed by atoms with van der Waals surface area (Å²) < 4.78 is 0. The van der Waals surface area contributed by atoms with Gasteiger partial charge in [0.1, 0.15) is 0 Å². The van der Waals surface area contributed by atoms with E-state index in [-0.39, 0.29) is 5.54 Å². The SMILES string of the molecule is C=C1CC(C)CC(CC)(N[B]C(=O)O)C1. The molecule has 1 radical (unpaired) electrons. The summed E-state index contributed by atoms with van der Waals surface area (Å²) in [5, 5.41) is 11.7. The van der Waals surface area contributed by atoms with Crippen LogP contribution in [0.5, 0.6) is 0 Å². The Labute approximate surface area is 92.2 Å². The maximum absolute atomic E-state index is 10.5. The van der Waals surface area contributed by atoms with Crippen molar-refractivity contribution in [3.8, 4) is 0 Å². The zero-order valence-corrected chi connectivity index (χ0v) is 9.55. The number of hydrogen-bond acceptors (Lipinski definition) is 2. The van der Waals surface area contributed by atoms with Crippen molar-refractivity contribution in [1.82, 2.24) is 5.23 Å². The van der Waals surface area contributed by atoms with E-state index in [0.717, 1.165) is 33.1 Å². The highest BCUT2D eigenvalue weighted by atomic mass is 16.4. The average molecular weight is 208 g/mol. The van der Waals surface area contributed by atoms with Crippen LogP contribution in [0, 0.1) is 5.92 Å². The lowest BCUT2D eigenvalue weighted by atomic mass is 9.70. The molecule has 0 amide bonds. The zero-order chi connectivity index (χ0) is 11.5. The van der Waals surface area contributed by atoms with Crippen LogP contribution in [0.25, 0.3) is 0 Å². The minimum absolute atomic E-state index is 0.0901. The third-order valence-corrected chi connectivity index (χ3v) is 3.14. The van der Waals surface area contributed by atoms with Gasteiger partial charge in [0.05, 0.1) is 0 Å². The summed E-state index contributed by atoms with van der Waals surface area (Å²) in [4.78, 5) is 10.5. The Hall–Kier alpha value is -0.765. The van der Waals surface area contributed by atoms with Crippen LogP contribution in [0.2, 0.25) is 0 Å². The smallest absolute Gasteiger partial charge is 0.354 e. The summed E-state index contributed by atoms with van der Waals surface area (Å²) in [6, 6.07) is 0. The van der Waals surface area contributed by atoms with Gasteiger partial charge in [0.15, 0.2) is 0 Å². The van der Waals surface area contributed by atoms with Gasteiger partial charge in [0.25, 0.3) is 5.87 Å². The second-order valence-corrected chi connectivity index (χ2v) is 4.70. The van der Waals surface area contributed by atoms with E-state index in [1.165, 1.54) is 5.57 Å². The van der Waals surface area contributed by atoms with Gasteiger partial charge in [-0.2, -0.15) is 0 Å². The molecule has 1 fully saturated rings. The quantitative estimate of drug-likeness (QED) is 0.550. The van der Waals surface area contributed by atoms with Crippen molar-refractivity contribution in [2.24, 2.45) is 5.92 Å². The molecule has 0 aromatic rings. The van der Waals surface area contributed by atoms with Crippen molar-refractivity contribution in [3.05, 3.63) is 12.2 Å². The molecule has 1 aliphatic carbocycles. The molecule has 2 N–H and O–H groups in total. The third kappa shape index (κ3) is 3.38. The number of carbonyl (C=O) groups is 1. The van der Waals surface area contributed by atoms with E-state index in [1.54, 1.807) is 0 Å². The number of hydrogen-bond donors (Lipinski definition) is 2. The Morgan fingerprint density at radius 1 is 1.80 bits per heavy atom. The van der Waals surface area contributed by atoms with Gasteiger partial charge >= 0.3 is 7.41 Å². The molecule has 0 aromatic heterocycles. The van der Waals surface area contributed by atoms with E-state index in [1.807, 2.05) is 0 Å². The molecule has 83 valence electrons. The Morgan fingerprint density at radius 2 is 2.47 bits per heavy atom. The molecule has 4 heteroatoms. The summed E-state index contributed by atoms with van der Waals surface area (Å²) in [6.45, 7) is 8.32. The first kappa shape index (κ1) is 12.3. The third-order valence-electron chi connectivity index (χ3n) is 3.14. The predicted molar refractivity (Wildman–Crippen MR) is 62.1 cm³/mol. The molecule has 0 aliphatic heterocycles. The fourth-order valence-electron chi connectivity index (χ4n) is 2.55. The Bertz CT molecular complexity index is 267. The van der Waals surface area contributed by atoms with E-state index in [4.69, 9.17) is 5.11 Å². The van der Waals surface area contributed by atoms with Crippen LogP contribution in [-0.4, -0.2) is 23.9 Å². The van der Waals surface area contributed by atoms with Crippen molar-refractivity contribution in [2.75, 3.05) is 0 Å². The van der Waals surface area contributed by atoms with Crippen molar-refractivity contribution < 1.29 is 9.90 Å². The highest BCUT2D eigenvalue weighted by Crippen LogP contribution is 2.36. The van der Waals surface area contributed by atoms with E-state index >= 15 is 0 Å². The van der Waals surface area contributed by atoms with E-state index < -0.39 is 5.87 Å². The maximum Gasteiger partial charge on any atom is 0.354 e. The molecular formula is C11H19BNO2. The minimum Gasteiger partial charge on any atom is -0.488 e. The fourth-order valence-corrected chi connectivity index (χ4v) is 2.55. The Kier molecular flexibility index (Phi) is 3.97. The second-order valence-electron chi connectivity index (χ2n) is 4.70. The lowest BCUT2D eigenvalue weighted by Crippen LogP contribution is -2.51. The summed E-state index contributed by atoms with van der Waals surface area (Å²) in [7, 11) is 1.16. The topological polar surface area (TPSA) is 49.3 Å². The largest absolute Gasteiger partial charge is 0.488 e. The molecular weight excluding hydrogens is 189 g/mol. The van der Waals surface area contributed by atoms with Crippen LogP contribution in [0.3, 0.4) is 0 Å².